The summed E-state index contributed by atoms with van der Waals surface area (Å²) in [5, 5.41) is 2.45. The van der Waals surface area contributed by atoms with Gasteiger partial charge < -0.3 is 14.8 Å². The van der Waals surface area contributed by atoms with Crippen LogP contribution in [-0.2, 0) is 0 Å². The second-order valence-electron chi connectivity index (χ2n) is 7.24. The minimum absolute atomic E-state index is 0.0227. The normalized spacial score (nSPS) is 11.6. The third kappa shape index (κ3) is 5.48. The van der Waals surface area contributed by atoms with E-state index in [4.69, 9.17) is 4.74 Å². The van der Waals surface area contributed by atoms with E-state index in [1.807, 2.05) is 0 Å². The zero-order valence-electron chi connectivity index (χ0n) is 18.0. The Kier molecular flexibility index (Phi) is 6.54. The molecule has 7 nitrogen and oxygen atoms in total. The summed E-state index contributed by atoms with van der Waals surface area (Å²) in [6.07, 6.45) is -3.21. The summed E-state index contributed by atoms with van der Waals surface area (Å²) in [7, 11) is 1.50. The largest absolute Gasteiger partial charge is 0.497 e. The molecule has 0 aliphatic heterocycles. The molecular formula is C23H17F5N4O3. The van der Waals surface area contributed by atoms with Crippen molar-refractivity contribution in [1.29, 1.82) is 0 Å². The van der Waals surface area contributed by atoms with Crippen molar-refractivity contribution in [2.75, 3.05) is 19.0 Å². The van der Waals surface area contributed by atoms with Crippen molar-refractivity contribution in [1.82, 2.24) is 14.5 Å². The molecule has 2 aromatic heterocycles. The molecule has 2 heterocycles. The molecule has 0 amide bonds. The molecule has 0 aliphatic carbocycles. The van der Waals surface area contributed by atoms with Crippen molar-refractivity contribution in [3.8, 4) is 28.3 Å². The van der Waals surface area contributed by atoms with Gasteiger partial charge >= 0.3 is 12.8 Å². The van der Waals surface area contributed by atoms with Gasteiger partial charge in [0, 0.05) is 17.1 Å². The molecule has 0 saturated carbocycles. The Hall–Kier alpha value is -4.22. The number of nitrogens with zero attached hydrogens (tertiary/aromatic N) is 3. The van der Waals surface area contributed by atoms with E-state index in [1.54, 1.807) is 24.3 Å². The van der Waals surface area contributed by atoms with Crippen LogP contribution in [0.4, 0.5) is 27.9 Å². The van der Waals surface area contributed by atoms with E-state index in [0.29, 0.717) is 16.7 Å². The third-order valence-corrected chi connectivity index (χ3v) is 4.91. The zero-order chi connectivity index (χ0) is 25.2. The highest BCUT2D eigenvalue weighted by molar-refractivity contribution is 5.83. The fourth-order valence-corrected chi connectivity index (χ4v) is 3.35. The number of methoxy groups -OCH3 is 1. The van der Waals surface area contributed by atoms with E-state index in [1.165, 1.54) is 48.2 Å². The maximum atomic E-state index is 13.5. The molecule has 0 atom stereocenters. The average Bonchev–Trinajstić information content (AvgIpc) is 2.82. The van der Waals surface area contributed by atoms with E-state index >= 15 is 0 Å². The van der Waals surface area contributed by atoms with Crippen LogP contribution in [-0.4, -0.2) is 41.0 Å². The summed E-state index contributed by atoms with van der Waals surface area (Å²) in [4.78, 5) is 21.6. The predicted molar refractivity (Wildman–Crippen MR) is 118 cm³/mol. The molecular weight excluding hydrogens is 475 g/mol. The summed E-state index contributed by atoms with van der Waals surface area (Å²) in [6.45, 7) is -4.40. The quantitative estimate of drug-likeness (QED) is 0.365. The molecule has 0 fully saturated rings. The topological polar surface area (TPSA) is 78.3 Å². The fourth-order valence-electron chi connectivity index (χ4n) is 3.35. The van der Waals surface area contributed by atoms with Crippen LogP contribution in [0, 0.1) is 0 Å². The first kappa shape index (κ1) is 23.9. The van der Waals surface area contributed by atoms with Crippen LogP contribution in [0.2, 0.25) is 0 Å². The van der Waals surface area contributed by atoms with Crippen LogP contribution >= 0.6 is 0 Å². The van der Waals surface area contributed by atoms with Gasteiger partial charge in [0.15, 0.2) is 5.65 Å². The lowest BCUT2D eigenvalue weighted by molar-refractivity contribution is -0.115. The smallest absolute Gasteiger partial charge is 0.405 e. The van der Waals surface area contributed by atoms with E-state index in [2.05, 4.69) is 20.0 Å². The molecule has 0 spiro atoms. The number of hydrogen-bond donors (Lipinski definition) is 1. The molecule has 4 aromatic rings. The van der Waals surface area contributed by atoms with Gasteiger partial charge in [-0.05, 0) is 48.0 Å². The molecule has 1 N–H and O–H groups in total. The summed E-state index contributed by atoms with van der Waals surface area (Å²) >= 11 is 0. The molecule has 2 aromatic carbocycles. The number of ether oxygens (including phenoxy) is 2. The Morgan fingerprint density at radius 1 is 1.03 bits per heavy atom. The molecule has 0 unspecified atom stereocenters. The number of anilines is 1. The standard InChI is InChI=1S/C23H17F5N4O3/c1-34-16-6-2-13(3-7-16)18-10-14-11-29-22(30-12-23(26,27)28)31-19(14)32(20(18)33)15-4-8-17(9-5-15)35-21(24)25/h2-11,21H,12H2,1H3,(H,29,30,31). The van der Waals surface area contributed by atoms with Gasteiger partial charge in [0.25, 0.3) is 5.56 Å². The van der Waals surface area contributed by atoms with E-state index in [0.717, 1.165) is 0 Å². The second kappa shape index (κ2) is 9.57. The van der Waals surface area contributed by atoms with Gasteiger partial charge in [0.2, 0.25) is 5.95 Å². The Morgan fingerprint density at radius 3 is 2.29 bits per heavy atom. The summed E-state index contributed by atoms with van der Waals surface area (Å²) in [5.74, 6) is 0.112. The first-order valence-corrected chi connectivity index (χ1v) is 10.1. The van der Waals surface area contributed by atoms with Crippen molar-refractivity contribution in [3.63, 3.8) is 0 Å². The van der Waals surface area contributed by atoms with E-state index in [9.17, 15) is 26.7 Å². The Balaban J connectivity index is 1.89. The van der Waals surface area contributed by atoms with Crippen LogP contribution < -0.4 is 20.3 Å². The summed E-state index contributed by atoms with van der Waals surface area (Å²) < 4.78 is 73.6. The van der Waals surface area contributed by atoms with E-state index < -0.39 is 24.9 Å². The minimum atomic E-state index is -4.50. The van der Waals surface area contributed by atoms with E-state index in [-0.39, 0.29) is 28.6 Å². The number of aromatic nitrogens is 3. The van der Waals surface area contributed by atoms with Gasteiger partial charge in [-0.3, -0.25) is 9.36 Å². The molecule has 4 rings (SSSR count). The Bertz CT molecular complexity index is 1390. The van der Waals surface area contributed by atoms with Gasteiger partial charge in [0.05, 0.1) is 12.8 Å². The number of rotatable bonds is 7. The summed E-state index contributed by atoms with van der Waals surface area (Å²) in [6, 6.07) is 13.4. The number of halogens is 5. The van der Waals surface area contributed by atoms with Crippen molar-refractivity contribution in [2.45, 2.75) is 12.8 Å². The number of pyridine rings is 1. The molecule has 0 radical (unpaired) electrons. The van der Waals surface area contributed by atoms with Gasteiger partial charge in [-0.2, -0.15) is 26.9 Å². The van der Waals surface area contributed by atoms with Crippen LogP contribution in [0.1, 0.15) is 0 Å². The van der Waals surface area contributed by atoms with Crippen molar-refractivity contribution >= 4 is 17.0 Å². The third-order valence-electron chi connectivity index (χ3n) is 4.91. The highest BCUT2D eigenvalue weighted by Gasteiger charge is 2.27. The van der Waals surface area contributed by atoms with Gasteiger partial charge in [-0.25, -0.2) is 4.98 Å². The number of benzene rings is 2. The lowest BCUT2D eigenvalue weighted by Gasteiger charge is -2.15. The first-order valence-electron chi connectivity index (χ1n) is 10.1. The van der Waals surface area contributed by atoms with Gasteiger partial charge in [-0.15, -0.1) is 0 Å². The first-order chi connectivity index (χ1) is 16.6. The summed E-state index contributed by atoms with van der Waals surface area (Å²) in [5.41, 5.74) is 0.522. The van der Waals surface area contributed by atoms with Crippen molar-refractivity contribution < 1.29 is 31.4 Å². The predicted octanol–water partition coefficient (Wildman–Crippen LogP) is 5.03. The monoisotopic (exact) mass is 492 g/mol. The van der Waals surface area contributed by atoms with Gasteiger partial charge in [-0.1, -0.05) is 12.1 Å². The second-order valence-corrected chi connectivity index (χ2v) is 7.24. The fraction of sp³-hybridized carbons (Fsp3) is 0.174. The lowest BCUT2D eigenvalue weighted by atomic mass is 10.1. The maximum absolute atomic E-state index is 13.5. The number of alkyl halides is 5. The SMILES string of the molecule is COc1ccc(-c2cc3cnc(NCC(F)(F)F)nc3n(-c3ccc(OC(F)F)cc3)c2=O)cc1. The van der Waals surface area contributed by atoms with Crippen molar-refractivity contribution in [3.05, 3.63) is 71.1 Å². The van der Waals surface area contributed by atoms with Gasteiger partial charge in [0.1, 0.15) is 18.0 Å². The van der Waals surface area contributed by atoms with Crippen LogP contribution in [0.5, 0.6) is 11.5 Å². The van der Waals surface area contributed by atoms with Crippen molar-refractivity contribution in [2.24, 2.45) is 0 Å². The lowest BCUT2D eigenvalue weighted by Crippen LogP contribution is -2.24. The molecule has 0 aliphatic rings. The zero-order valence-corrected chi connectivity index (χ0v) is 18.0. The Labute approximate surface area is 194 Å². The maximum Gasteiger partial charge on any atom is 0.405 e. The molecule has 12 heteroatoms. The highest BCUT2D eigenvalue weighted by atomic mass is 19.4. The van der Waals surface area contributed by atoms with Crippen LogP contribution in [0.3, 0.4) is 0 Å². The molecule has 0 bridgehead atoms. The highest BCUT2D eigenvalue weighted by Crippen LogP contribution is 2.26. The number of hydrogen-bond acceptors (Lipinski definition) is 6. The number of fused-ring (bicyclic) bond motifs is 1. The average molecular weight is 492 g/mol. The number of nitrogens with one attached hydrogen (secondary N) is 1. The van der Waals surface area contributed by atoms with Crippen LogP contribution in [0.15, 0.2) is 65.6 Å². The minimum Gasteiger partial charge on any atom is -0.497 e. The molecule has 0 saturated heterocycles. The molecule has 182 valence electrons. The Morgan fingerprint density at radius 2 is 1.69 bits per heavy atom. The van der Waals surface area contributed by atoms with Crippen LogP contribution in [0.25, 0.3) is 27.8 Å². The molecule has 35 heavy (non-hydrogen) atoms.